The summed E-state index contributed by atoms with van der Waals surface area (Å²) in [6.07, 6.45) is 9.80. The first-order valence-electron chi connectivity index (χ1n) is 8.55. The Morgan fingerprint density at radius 1 is 1.42 bits per heavy atom. The van der Waals surface area contributed by atoms with Crippen molar-refractivity contribution in [1.29, 1.82) is 0 Å². The molecule has 0 aromatic heterocycles. The van der Waals surface area contributed by atoms with Crippen molar-refractivity contribution in [1.82, 2.24) is 4.72 Å². The maximum Gasteiger partial charge on any atom is 0.270 e. The number of nitrogens with zero attached hydrogens (tertiary/aromatic N) is 2. The number of aliphatic imine (C=N–C) groups is 1. The number of non-ortho nitro benzene ring substituents is 1. The molecule has 0 saturated heterocycles. The van der Waals surface area contributed by atoms with Crippen LogP contribution in [-0.2, 0) is 0 Å². The number of nitro groups is 1. The van der Waals surface area contributed by atoms with Crippen molar-refractivity contribution < 1.29 is 4.92 Å². The number of rotatable bonds is 6. The SMILES string of the molecule is NC(=S)NS1(CCC2=CCCCC2)C=CN=C1c1cccc([N+](=O)[O-])c1. The number of nitro benzene ring substituents is 1. The second kappa shape index (κ2) is 8.01. The fourth-order valence-corrected chi connectivity index (χ4v) is 6.48. The highest BCUT2D eigenvalue weighted by Crippen LogP contribution is 2.53. The van der Waals surface area contributed by atoms with Crippen molar-refractivity contribution in [2.24, 2.45) is 10.7 Å². The van der Waals surface area contributed by atoms with Crippen molar-refractivity contribution in [2.75, 3.05) is 5.75 Å². The Morgan fingerprint density at radius 2 is 2.27 bits per heavy atom. The summed E-state index contributed by atoms with van der Waals surface area (Å²) >= 11 is 5.12. The molecule has 0 bridgehead atoms. The average molecular weight is 391 g/mol. The first-order valence-corrected chi connectivity index (χ1v) is 10.8. The number of nitrogens with one attached hydrogen (secondary N) is 1. The number of allylic oxidation sites excluding steroid dienone is 2. The van der Waals surface area contributed by atoms with E-state index in [0.29, 0.717) is 0 Å². The van der Waals surface area contributed by atoms with Crippen LogP contribution in [0, 0.1) is 10.1 Å². The average Bonchev–Trinajstić information content (AvgIpc) is 3.04. The van der Waals surface area contributed by atoms with Crippen LogP contribution in [0.5, 0.6) is 0 Å². The lowest BCUT2D eigenvalue weighted by atomic mass is 9.98. The molecule has 3 rings (SSSR count). The summed E-state index contributed by atoms with van der Waals surface area (Å²) in [6.45, 7) is 0. The first-order chi connectivity index (χ1) is 12.5. The molecule has 1 atom stereocenters. The molecule has 3 N–H and O–H groups in total. The highest BCUT2D eigenvalue weighted by atomic mass is 32.3. The number of benzene rings is 1. The molecule has 8 heteroatoms. The normalized spacial score (nSPS) is 24.3. The molecule has 1 aliphatic heterocycles. The van der Waals surface area contributed by atoms with Gasteiger partial charge in [-0.2, -0.15) is 0 Å². The predicted molar refractivity (Wildman–Crippen MR) is 112 cm³/mol. The minimum absolute atomic E-state index is 0.0516. The van der Waals surface area contributed by atoms with E-state index in [1.165, 1.54) is 24.5 Å². The fraction of sp³-hybridized carbons (Fsp3) is 0.333. The zero-order valence-electron chi connectivity index (χ0n) is 14.4. The lowest BCUT2D eigenvalue weighted by Crippen LogP contribution is -2.36. The Hall–Kier alpha value is -2.19. The summed E-state index contributed by atoms with van der Waals surface area (Å²) in [6, 6.07) is 6.58. The standard InChI is InChI=1S/C18H22N4O2S2/c19-18(25)21-26(11-9-14-5-2-1-3-6-14)12-10-20-17(26)15-7-4-8-16(13-15)22(23)24/h4-5,7-8,10,12-13H,1-3,6,9,11H2,(H3,19,21,25). The third-order valence-corrected chi connectivity index (χ3v) is 7.83. The van der Waals surface area contributed by atoms with Crippen LogP contribution in [0.25, 0.3) is 0 Å². The van der Waals surface area contributed by atoms with E-state index in [-0.39, 0.29) is 10.8 Å². The van der Waals surface area contributed by atoms with E-state index in [2.05, 4.69) is 15.8 Å². The molecule has 1 aromatic carbocycles. The summed E-state index contributed by atoms with van der Waals surface area (Å²) in [4.78, 5) is 15.3. The summed E-state index contributed by atoms with van der Waals surface area (Å²) in [7, 11) is -1.71. The second-order valence-electron chi connectivity index (χ2n) is 6.35. The van der Waals surface area contributed by atoms with Crippen LogP contribution in [-0.4, -0.2) is 20.8 Å². The van der Waals surface area contributed by atoms with E-state index in [1.807, 2.05) is 11.5 Å². The van der Waals surface area contributed by atoms with E-state index >= 15 is 0 Å². The number of nitrogens with two attached hydrogens (primary N) is 1. The fourth-order valence-electron chi connectivity index (χ4n) is 3.30. The van der Waals surface area contributed by atoms with Gasteiger partial charge in [0.25, 0.3) is 5.69 Å². The van der Waals surface area contributed by atoms with Crippen LogP contribution in [0.2, 0.25) is 0 Å². The Bertz CT molecular complexity index is 819. The second-order valence-corrected chi connectivity index (χ2v) is 9.65. The molecule has 1 heterocycles. The minimum Gasteiger partial charge on any atom is -0.376 e. The van der Waals surface area contributed by atoms with Gasteiger partial charge in [-0.1, -0.05) is 23.8 Å². The largest absolute Gasteiger partial charge is 0.376 e. The molecule has 1 unspecified atom stereocenters. The molecule has 26 heavy (non-hydrogen) atoms. The molecule has 0 spiro atoms. The van der Waals surface area contributed by atoms with Gasteiger partial charge in [-0.3, -0.25) is 10.1 Å². The molecular formula is C18H22N4O2S2. The summed E-state index contributed by atoms with van der Waals surface area (Å²) in [5.74, 6) is 0.828. The van der Waals surface area contributed by atoms with Gasteiger partial charge in [0.1, 0.15) is 5.04 Å². The van der Waals surface area contributed by atoms with Crippen LogP contribution in [0.1, 0.15) is 37.7 Å². The number of hydrogen-bond donors (Lipinski definition) is 2. The van der Waals surface area contributed by atoms with Crippen molar-refractivity contribution in [2.45, 2.75) is 32.1 Å². The Kier molecular flexibility index (Phi) is 5.73. The monoisotopic (exact) mass is 390 g/mol. The van der Waals surface area contributed by atoms with E-state index in [0.717, 1.165) is 35.6 Å². The van der Waals surface area contributed by atoms with Gasteiger partial charge in [-0.05, 0) is 49.7 Å². The summed E-state index contributed by atoms with van der Waals surface area (Å²) in [5.41, 5.74) is 8.07. The molecule has 138 valence electrons. The molecule has 0 saturated carbocycles. The molecule has 0 radical (unpaired) electrons. The molecule has 1 aliphatic carbocycles. The van der Waals surface area contributed by atoms with Crippen LogP contribution in [0.15, 0.2) is 52.5 Å². The molecule has 0 amide bonds. The molecule has 1 aromatic rings. The van der Waals surface area contributed by atoms with Gasteiger partial charge < -0.3 is 10.5 Å². The third kappa shape index (κ3) is 4.13. The zero-order valence-corrected chi connectivity index (χ0v) is 16.0. The third-order valence-electron chi connectivity index (χ3n) is 4.55. The maximum absolute atomic E-state index is 11.1. The van der Waals surface area contributed by atoms with Crippen LogP contribution >= 0.6 is 22.4 Å². The van der Waals surface area contributed by atoms with Gasteiger partial charge in [0.2, 0.25) is 0 Å². The summed E-state index contributed by atoms with van der Waals surface area (Å²) < 4.78 is 3.27. The van der Waals surface area contributed by atoms with E-state index < -0.39 is 15.1 Å². The zero-order chi connectivity index (χ0) is 18.6. The molecular weight excluding hydrogens is 368 g/mol. The van der Waals surface area contributed by atoms with Gasteiger partial charge in [-0.25, -0.2) is 4.99 Å². The van der Waals surface area contributed by atoms with Crippen molar-refractivity contribution in [3.05, 3.63) is 63.2 Å². The maximum atomic E-state index is 11.1. The topological polar surface area (TPSA) is 93.5 Å². The number of hydrogen-bond acceptors (Lipinski definition) is 4. The predicted octanol–water partition coefficient (Wildman–Crippen LogP) is 4.27. The van der Waals surface area contributed by atoms with Crippen LogP contribution < -0.4 is 10.5 Å². The lowest BCUT2D eigenvalue weighted by Gasteiger charge is -2.37. The van der Waals surface area contributed by atoms with Gasteiger partial charge in [0.15, 0.2) is 5.11 Å². The first kappa shape index (κ1) is 18.6. The Morgan fingerprint density at radius 3 is 2.96 bits per heavy atom. The van der Waals surface area contributed by atoms with Gasteiger partial charge in [-0.15, -0.1) is 10.2 Å². The molecule has 2 aliphatic rings. The lowest BCUT2D eigenvalue weighted by molar-refractivity contribution is -0.384. The molecule has 0 fully saturated rings. The van der Waals surface area contributed by atoms with Gasteiger partial charge in [0.05, 0.1) is 4.92 Å². The minimum atomic E-state index is -1.71. The van der Waals surface area contributed by atoms with Crippen molar-refractivity contribution in [3.63, 3.8) is 0 Å². The Labute approximate surface area is 159 Å². The smallest absolute Gasteiger partial charge is 0.270 e. The highest BCUT2D eigenvalue weighted by Gasteiger charge is 2.32. The van der Waals surface area contributed by atoms with Crippen molar-refractivity contribution in [3.8, 4) is 0 Å². The van der Waals surface area contributed by atoms with Gasteiger partial charge >= 0.3 is 0 Å². The van der Waals surface area contributed by atoms with Crippen LogP contribution in [0.3, 0.4) is 0 Å². The summed E-state index contributed by atoms with van der Waals surface area (Å²) in [5, 5.41) is 14.2. The Balaban J connectivity index is 1.90. The highest BCUT2D eigenvalue weighted by molar-refractivity contribution is 8.47. The number of thiocarbonyl (C=S) groups is 1. The molecule has 6 nitrogen and oxygen atoms in total. The van der Waals surface area contributed by atoms with Crippen molar-refractivity contribution >= 4 is 38.3 Å². The van der Waals surface area contributed by atoms with E-state index in [9.17, 15) is 10.1 Å². The van der Waals surface area contributed by atoms with E-state index in [4.69, 9.17) is 18.0 Å². The van der Waals surface area contributed by atoms with Gasteiger partial charge in [0, 0.05) is 29.6 Å². The van der Waals surface area contributed by atoms with E-state index in [1.54, 1.807) is 18.3 Å². The quantitative estimate of drug-likeness (QED) is 0.327. The van der Waals surface area contributed by atoms with Crippen LogP contribution in [0.4, 0.5) is 5.69 Å².